The summed E-state index contributed by atoms with van der Waals surface area (Å²) in [4.78, 5) is 47.9. The summed E-state index contributed by atoms with van der Waals surface area (Å²) in [5, 5.41) is 32.8. The molecule has 5 N–H and O–H groups in total. The van der Waals surface area contributed by atoms with E-state index in [9.17, 15) is 24.9 Å². The lowest BCUT2D eigenvalue weighted by atomic mass is 10.00. The van der Waals surface area contributed by atoms with Crippen LogP contribution in [0.2, 0.25) is 5.02 Å². The number of nitriles is 2. The van der Waals surface area contributed by atoms with Gasteiger partial charge in [-0.1, -0.05) is 11.6 Å². The minimum atomic E-state index is -1.26. The predicted molar refractivity (Wildman–Crippen MR) is 181 cm³/mol. The molecule has 17 nitrogen and oxygen atoms in total. The van der Waals surface area contributed by atoms with Crippen LogP contribution < -0.4 is 26.6 Å². The van der Waals surface area contributed by atoms with E-state index in [2.05, 4.69) is 37.1 Å². The number of aromatic nitrogens is 4. The Bertz CT molecular complexity index is 1780. The third-order valence-electron chi connectivity index (χ3n) is 7.02. The third-order valence-corrected chi connectivity index (χ3v) is 7.41. The first-order valence-electron chi connectivity index (χ1n) is 14.9. The fourth-order valence-electron chi connectivity index (χ4n) is 4.90. The molecule has 3 heterocycles. The highest BCUT2D eigenvalue weighted by Gasteiger charge is 2.36. The molecule has 4 rings (SSSR count). The lowest BCUT2D eigenvalue weighted by molar-refractivity contribution is -0.161. The summed E-state index contributed by atoms with van der Waals surface area (Å²) in [6.07, 6.45) is -0.428. The number of hydrogen-bond acceptors (Lipinski definition) is 15. The van der Waals surface area contributed by atoms with E-state index in [0.717, 1.165) is 0 Å². The molecule has 0 unspecified atom stereocenters. The number of methoxy groups -OCH3 is 1. The first-order chi connectivity index (χ1) is 22.8. The number of imidazole rings is 1. The van der Waals surface area contributed by atoms with Crippen molar-refractivity contribution in [3.05, 3.63) is 34.6 Å². The molecule has 2 aromatic heterocycles. The van der Waals surface area contributed by atoms with Crippen molar-refractivity contribution in [1.29, 1.82) is 10.5 Å². The maximum atomic E-state index is 13.0. The monoisotopic (exact) mass is 717 g/mol. The van der Waals surface area contributed by atoms with Gasteiger partial charge in [-0.05, 0) is 46.2 Å². The number of piperidine rings is 1. The van der Waals surface area contributed by atoms with Crippen LogP contribution in [0.3, 0.4) is 0 Å². The van der Waals surface area contributed by atoms with Gasteiger partial charge in [0.15, 0.2) is 17.2 Å². The van der Waals surface area contributed by atoms with Crippen LogP contribution in [0.5, 0.6) is 0 Å². The highest BCUT2D eigenvalue weighted by atomic mass is 35.5. The van der Waals surface area contributed by atoms with Gasteiger partial charge in [0.25, 0.3) is 0 Å². The van der Waals surface area contributed by atoms with E-state index < -0.39 is 48.2 Å². The Kier molecular flexibility index (Phi) is 12.8. The fraction of sp³-hybridized carbons (Fsp3) is 0.467. The van der Waals surface area contributed by atoms with Crippen LogP contribution in [-0.4, -0.2) is 88.1 Å². The summed E-state index contributed by atoms with van der Waals surface area (Å²) < 4.78 is 17.1. The SMILES string of the molecule is CCNc1nc(Nc2cc(C#N)cc(N3CC[C@@H](NC(=O)OC)[C@H](OC(=O)C[C@H](N)C(=O)OC(C)(C)C)C3)c2Cl)nn2c(C#N)cnc12.Cl. The number of esters is 2. The van der Waals surface area contributed by atoms with Gasteiger partial charge in [0.1, 0.15) is 23.8 Å². The van der Waals surface area contributed by atoms with Gasteiger partial charge in [-0.15, -0.1) is 17.5 Å². The lowest BCUT2D eigenvalue weighted by Gasteiger charge is -2.39. The van der Waals surface area contributed by atoms with E-state index >= 15 is 0 Å². The maximum absolute atomic E-state index is 13.0. The first kappa shape index (κ1) is 38.3. The maximum Gasteiger partial charge on any atom is 0.407 e. The summed E-state index contributed by atoms with van der Waals surface area (Å²) in [5.41, 5.74) is 6.62. The molecular weight excluding hydrogens is 681 g/mol. The smallest absolute Gasteiger partial charge is 0.407 e. The Hall–Kier alpha value is -5.10. The minimum Gasteiger partial charge on any atom is -0.459 e. The fourth-order valence-corrected chi connectivity index (χ4v) is 5.18. The van der Waals surface area contributed by atoms with Gasteiger partial charge < -0.3 is 40.8 Å². The molecule has 1 aliphatic rings. The second-order valence-corrected chi connectivity index (χ2v) is 12.1. The van der Waals surface area contributed by atoms with Gasteiger partial charge in [0.2, 0.25) is 5.95 Å². The Morgan fingerprint density at radius 3 is 2.59 bits per heavy atom. The van der Waals surface area contributed by atoms with Crippen molar-refractivity contribution in [2.24, 2.45) is 5.73 Å². The van der Waals surface area contributed by atoms with E-state index in [1.54, 1.807) is 31.7 Å². The number of nitrogens with one attached hydrogen (secondary N) is 3. The second kappa shape index (κ2) is 16.3. The number of nitrogens with two attached hydrogens (primary N) is 1. The summed E-state index contributed by atoms with van der Waals surface area (Å²) in [6, 6.07) is 5.33. The topological polar surface area (TPSA) is 235 Å². The molecule has 1 aromatic carbocycles. The molecule has 49 heavy (non-hydrogen) atoms. The Labute approximate surface area is 293 Å². The normalized spacial score (nSPS) is 16.3. The summed E-state index contributed by atoms with van der Waals surface area (Å²) >= 11 is 6.91. The van der Waals surface area contributed by atoms with Crippen molar-refractivity contribution < 1.29 is 28.6 Å². The molecular formula is C30H37Cl2N11O6. The van der Waals surface area contributed by atoms with Crippen LogP contribution >= 0.6 is 24.0 Å². The molecule has 0 saturated carbocycles. The van der Waals surface area contributed by atoms with Gasteiger partial charge in [-0.3, -0.25) is 9.59 Å². The minimum absolute atomic E-state index is 0. The zero-order chi connectivity index (χ0) is 35.2. The average Bonchev–Trinajstić information content (AvgIpc) is 3.45. The number of halogens is 2. The number of rotatable bonds is 10. The Morgan fingerprint density at radius 2 is 1.96 bits per heavy atom. The van der Waals surface area contributed by atoms with Crippen LogP contribution in [0.25, 0.3) is 5.65 Å². The van der Waals surface area contributed by atoms with Crippen molar-refractivity contribution in [2.75, 3.05) is 42.3 Å². The quantitative estimate of drug-likeness (QED) is 0.174. The van der Waals surface area contributed by atoms with E-state index in [1.165, 1.54) is 23.9 Å². The molecule has 0 aliphatic carbocycles. The van der Waals surface area contributed by atoms with Crippen LogP contribution in [0, 0.1) is 22.7 Å². The van der Waals surface area contributed by atoms with Gasteiger partial charge in [0.05, 0.1) is 60.3 Å². The number of fused-ring (bicyclic) bond motifs is 1. The highest BCUT2D eigenvalue weighted by Crippen LogP contribution is 2.37. The van der Waals surface area contributed by atoms with Crippen LogP contribution in [0.1, 0.15) is 51.8 Å². The van der Waals surface area contributed by atoms with E-state index in [1.807, 2.05) is 13.0 Å². The summed E-state index contributed by atoms with van der Waals surface area (Å²) in [7, 11) is 1.21. The lowest BCUT2D eigenvalue weighted by Crippen LogP contribution is -2.56. The molecule has 19 heteroatoms. The molecule has 0 radical (unpaired) electrons. The van der Waals surface area contributed by atoms with Crippen molar-refractivity contribution in [1.82, 2.24) is 24.9 Å². The number of carbonyl (C=O) groups is 3. The third kappa shape index (κ3) is 9.50. The van der Waals surface area contributed by atoms with E-state index in [-0.39, 0.29) is 46.9 Å². The van der Waals surface area contributed by atoms with Crippen molar-refractivity contribution >= 4 is 70.8 Å². The van der Waals surface area contributed by atoms with Crippen LogP contribution in [-0.2, 0) is 23.8 Å². The van der Waals surface area contributed by atoms with Crippen LogP contribution in [0.15, 0.2) is 18.3 Å². The molecule has 0 spiro atoms. The van der Waals surface area contributed by atoms with Gasteiger partial charge in [-0.2, -0.15) is 20.0 Å². The number of anilines is 4. The molecule has 262 valence electrons. The van der Waals surface area contributed by atoms with E-state index in [0.29, 0.717) is 36.7 Å². The van der Waals surface area contributed by atoms with Crippen molar-refractivity contribution in [2.45, 2.75) is 64.3 Å². The molecule has 1 saturated heterocycles. The average molecular weight is 719 g/mol. The summed E-state index contributed by atoms with van der Waals surface area (Å²) in [6.45, 7) is 7.82. The first-order valence-corrected chi connectivity index (χ1v) is 15.3. The largest absolute Gasteiger partial charge is 0.459 e. The summed E-state index contributed by atoms with van der Waals surface area (Å²) in [5.74, 6) is -1.09. The van der Waals surface area contributed by atoms with Crippen LogP contribution in [0.4, 0.5) is 27.9 Å². The predicted octanol–water partition coefficient (Wildman–Crippen LogP) is 3.02. The van der Waals surface area contributed by atoms with Crippen molar-refractivity contribution in [3.63, 3.8) is 0 Å². The number of amides is 1. The molecule has 1 amide bonds. The standard InChI is InChI=1S/C30H36ClN11O6.ClH/c1-6-35-25-26-36-14-17(13-33)42(26)40-28(39-25)37-20-9-16(12-32)10-21(24(20)31)41-8-7-19(38-29(45)46-5)22(15-41)47-23(43)11-18(34)27(44)48-30(2,3)4;/h9-10,14,18-19,22H,6-8,11,15,34H2,1-5H3,(H,38,45)(H2,35,37,39,40);1H/t18-,19+,22+;/m0./s1. The number of carbonyl (C=O) groups excluding carboxylic acids is 3. The van der Waals surface area contributed by atoms with Crippen molar-refractivity contribution in [3.8, 4) is 12.1 Å². The number of benzene rings is 1. The molecule has 1 fully saturated rings. The number of nitrogens with zero attached hydrogens (tertiary/aromatic N) is 7. The number of ether oxygens (including phenoxy) is 3. The van der Waals surface area contributed by atoms with E-state index in [4.69, 9.17) is 31.5 Å². The molecule has 0 bridgehead atoms. The zero-order valence-corrected chi connectivity index (χ0v) is 29.0. The number of alkyl carbamates (subject to hydrolysis) is 1. The second-order valence-electron chi connectivity index (χ2n) is 11.7. The van der Waals surface area contributed by atoms with Gasteiger partial charge >= 0.3 is 18.0 Å². The van der Waals surface area contributed by atoms with Gasteiger partial charge in [0, 0.05) is 13.1 Å². The number of hydrogen-bond donors (Lipinski definition) is 4. The molecule has 3 atom stereocenters. The Balaban J connectivity index is 0.00000650. The Morgan fingerprint density at radius 1 is 1.22 bits per heavy atom. The highest BCUT2D eigenvalue weighted by molar-refractivity contribution is 6.36. The molecule has 3 aromatic rings. The zero-order valence-electron chi connectivity index (χ0n) is 27.4. The van der Waals surface area contributed by atoms with Gasteiger partial charge in [-0.25, -0.2) is 9.78 Å². The molecule has 1 aliphatic heterocycles.